The van der Waals surface area contributed by atoms with E-state index < -0.39 is 17.2 Å². The van der Waals surface area contributed by atoms with Crippen LogP contribution in [-0.4, -0.2) is 46.4 Å². The van der Waals surface area contributed by atoms with Crippen LogP contribution >= 0.6 is 0 Å². The molecule has 1 amide bonds. The van der Waals surface area contributed by atoms with E-state index in [-0.39, 0.29) is 18.4 Å². The first-order chi connectivity index (χ1) is 12.2. The Kier molecular flexibility index (Phi) is 4.86. The molecule has 1 saturated heterocycles. The maximum absolute atomic E-state index is 12.3. The van der Waals surface area contributed by atoms with E-state index >= 15 is 0 Å². The minimum atomic E-state index is -0.798. The minimum Gasteiger partial charge on any atom is -0.487 e. The van der Waals surface area contributed by atoms with Crippen molar-refractivity contribution in [2.24, 2.45) is 0 Å². The molecule has 1 N–H and O–H groups in total. The van der Waals surface area contributed by atoms with Crippen molar-refractivity contribution in [2.75, 3.05) is 13.1 Å². The maximum Gasteiger partial charge on any atom is 0.410 e. The highest BCUT2D eigenvalue weighted by atomic mass is 16.6. The van der Waals surface area contributed by atoms with Crippen LogP contribution in [0.25, 0.3) is 0 Å². The Morgan fingerprint density at radius 1 is 1.27 bits per heavy atom. The van der Waals surface area contributed by atoms with Gasteiger partial charge in [-0.05, 0) is 38.8 Å². The van der Waals surface area contributed by atoms with Gasteiger partial charge in [-0.2, -0.15) is 0 Å². The van der Waals surface area contributed by atoms with Crippen molar-refractivity contribution in [1.82, 2.24) is 4.90 Å². The molecule has 0 saturated carbocycles. The van der Waals surface area contributed by atoms with Crippen LogP contribution < -0.4 is 4.74 Å². The van der Waals surface area contributed by atoms with Crippen molar-refractivity contribution in [3.05, 3.63) is 29.8 Å². The first-order valence-electron chi connectivity index (χ1n) is 9.15. The lowest BCUT2D eigenvalue weighted by molar-refractivity contribution is -0.138. The molecule has 0 aliphatic carbocycles. The van der Waals surface area contributed by atoms with Crippen molar-refractivity contribution in [2.45, 2.75) is 63.6 Å². The first-order valence-corrected chi connectivity index (χ1v) is 9.15. The molecule has 0 bridgehead atoms. The highest BCUT2D eigenvalue weighted by molar-refractivity contribution is 5.69. The van der Waals surface area contributed by atoms with E-state index in [1.165, 1.54) is 0 Å². The topological polar surface area (TPSA) is 76.1 Å². The van der Waals surface area contributed by atoms with Crippen molar-refractivity contribution in [1.29, 1.82) is 0 Å². The lowest BCUT2D eigenvalue weighted by Crippen LogP contribution is -2.52. The highest BCUT2D eigenvalue weighted by Gasteiger charge is 2.44. The second-order valence-electron chi connectivity index (χ2n) is 8.29. The molecule has 1 atom stereocenters. The predicted molar refractivity (Wildman–Crippen MR) is 96.5 cm³/mol. The number of carboxylic acid groups (broad SMARTS) is 1. The number of fused-ring (bicyclic) bond motifs is 1. The Bertz CT molecular complexity index is 686. The number of aliphatic carboxylic acids is 1. The van der Waals surface area contributed by atoms with Crippen LogP contribution in [0.1, 0.15) is 57.9 Å². The van der Waals surface area contributed by atoms with Crippen LogP contribution in [0.4, 0.5) is 4.79 Å². The molecule has 26 heavy (non-hydrogen) atoms. The number of para-hydroxylation sites is 1. The standard InChI is InChI=1S/C20H27NO5/c1-19(2,3)26-18(24)21-10-8-20(9-11-21)13-14(12-17(22)23)15-6-4-5-7-16(15)25-20/h4-7,14H,8-13H2,1-3H3,(H,22,23). The molecule has 6 nitrogen and oxygen atoms in total. The smallest absolute Gasteiger partial charge is 0.410 e. The van der Waals surface area contributed by atoms with Crippen molar-refractivity contribution in [3.63, 3.8) is 0 Å². The summed E-state index contributed by atoms with van der Waals surface area (Å²) in [6.07, 6.45) is 1.81. The largest absolute Gasteiger partial charge is 0.487 e. The SMILES string of the molecule is CC(C)(C)OC(=O)N1CCC2(CC1)CC(CC(=O)O)c1ccccc1O2. The average molecular weight is 361 g/mol. The van der Waals surface area contributed by atoms with Crippen LogP contribution in [0, 0.1) is 0 Å². The zero-order chi connectivity index (χ0) is 18.9. The number of carbonyl (C=O) groups excluding carboxylic acids is 1. The van der Waals surface area contributed by atoms with E-state index in [2.05, 4.69) is 0 Å². The van der Waals surface area contributed by atoms with Gasteiger partial charge in [-0.25, -0.2) is 4.79 Å². The van der Waals surface area contributed by atoms with E-state index in [0.29, 0.717) is 32.4 Å². The Labute approximate surface area is 154 Å². The summed E-state index contributed by atoms with van der Waals surface area (Å²) in [6, 6.07) is 7.68. The fraction of sp³-hybridized carbons (Fsp3) is 0.600. The van der Waals surface area contributed by atoms with Gasteiger partial charge in [-0.1, -0.05) is 18.2 Å². The third-order valence-electron chi connectivity index (χ3n) is 5.05. The van der Waals surface area contributed by atoms with E-state index in [9.17, 15) is 14.7 Å². The van der Waals surface area contributed by atoms with Gasteiger partial charge in [-0.3, -0.25) is 4.79 Å². The summed E-state index contributed by atoms with van der Waals surface area (Å²) in [6.45, 7) is 6.67. The van der Waals surface area contributed by atoms with Gasteiger partial charge < -0.3 is 19.5 Å². The third kappa shape index (κ3) is 4.11. The number of benzene rings is 1. The van der Waals surface area contributed by atoms with Gasteiger partial charge in [0.1, 0.15) is 17.0 Å². The van der Waals surface area contributed by atoms with E-state index in [4.69, 9.17) is 9.47 Å². The third-order valence-corrected chi connectivity index (χ3v) is 5.05. The van der Waals surface area contributed by atoms with E-state index in [1.54, 1.807) is 4.90 Å². The molecule has 3 rings (SSSR count). The number of amides is 1. The van der Waals surface area contributed by atoms with Gasteiger partial charge in [0, 0.05) is 31.8 Å². The second-order valence-corrected chi connectivity index (χ2v) is 8.29. The quantitative estimate of drug-likeness (QED) is 0.867. The van der Waals surface area contributed by atoms with Crippen molar-refractivity contribution in [3.8, 4) is 5.75 Å². The van der Waals surface area contributed by atoms with Crippen LogP contribution in [-0.2, 0) is 9.53 Å². The molecule has 2 heterocycles. The van der Waals surface area contributed by atoms with Crippen LogP contribution in [0.2, 0.25) is 0 Å². The second kappa shape index (κ2) is 6.82. The first kappa shape index (κ1) is 18.5. The van der Waals surface area contributed by atoms with Crippen LogP contribution in [0.5, 0.6) is 5.75 Å². The van der Waals surface area contributed by atoms with Crippen molar-refractivity contribution < 1.29 is 24.2 Å². The number of hydrogen-bond acceptors (Lipinski definition) is 4. The number of nitrogens with zero attached hydrogens (tertiary/aromatic N) is 1. The fourth-order valence-electron chi connectivity index (χ4n) is 3.87. The molecule has 1 aromatic carbocycles. The monoisotopic (exact) mass is 361 g/mol. The number of carboxylic acids is 1. The number of likely N-dealkylation sites (tertiary alicyclic amines) is 1. The highest BCUT2D eigenvalue weighted by Crippen LogP contribution is 2.46. The van der Waals surface area contributed by atoms with E-state index in [0.717, 1.165) is 11.3 Å². The number of hydrogen-bond donors (Lipinski definition) is 1. The van der Waals surface area contributed by atoms with Gasteiger partial charge >= 0.3 is 12.1 Å². The lowest BCUT2D eigenvalue weighted by atomic mass is 9.76. The molecule has 2 aliphatic rings. The molecule has 1 unspecified atom stereocenters. The Balaban J connectivity index is 1.72. The van der Waals surface area contributed by atoms with Gasteiger partial charge in [0.25, 0.3) is 0 Å². The molecule has 0 radical (unpaired) electrons. The molecular formula is C20H27NO5. The number of piperidine rings is 1. The van der Waals surface area contributed by atoms with Crippen molar-refractivity contribution >= 4 is 12.1 Å². The normalized spacial score (nSPS) is 21.7. The number of ether oxygens (including phenoxy) is 2. The molecule has 1 spiro atoms. The molecular weight excluding hydrogens is 334 g/mol. The Hall–Kier alpha value is -2.24. The maximum atomic E-state index is 12.3. The van der Waals surface area contributed by atoms with Gasteiger partial charge in [0.2, 0.25) is 0 Å². The summed E-state index contributed by atoms with van der Waals surface area (Å²) in [7, 11) is 0. The summed E-state index contributed by atoms with van der Waals surface area (Å²) < 4.78 is 11.8. The molecule has 1 aromatic rings. The van der Waals surface area contributed by atoms with Gasteiger partial charge in [0.15, 0.2) is 0 Å². The Morgan fingerprint density at radius 3 is 2.54 bits per heavy atom. The zero-order valence-corrected chi connectivity index (χ0v) is 15.7. The average Bonchev–Trinajstić information content (AvgIpc) is 2.53. The fourth-order valence-corrected chi connectivity index (χ4v) is 3.87. The predicted octanol–water partition coefficient (Wildman–Crippen LogP) is 3.80. The van der Waals surface area contributed by atoms with Gasteiger partial charge in [0.05, 0.1) is 6.42 Å². The Morgan fingerprint density at radius 2 is 1.92 bits per heavy atom. The summed E-state index contributed by atoms with van der Waals surface area (Å²) in [4.78, 5) is 25.3. The number of rotatable bonds is 2. The van der Waals surface area contributed by atoms with Crippen LogP contribution in [0.3, 0.4) is 0 Å². The summed E-state index contributed by atoms with van der Waals surface area (Å²) in [5.74, 6) is -0.0886. The molecule has 142 valence electrons. The minimum absolute atomic E-state index is 0.0643. The molecule has 0 aromatic heterocycles. The van der Waals surface area contributed by atoms with E-state index in [1.807, 2.05) is 45.0 Å². The van der Waals surface area contributed by atoms with Gasteiger partial charge in [-0.15, -0.1) is 0 Å². The summed E-state index contributed by atoms with van der Waals surface area (Å²) in [5, 5.41) is 9.29. The number of carbonyl (C=O) groups is 2. The zero-order valence-electron chi connectivity index (χ0n) is 15.7. The molecule has 6 heteroatoms. The summed E-state index contributed by atoms with van der Waals surface area (Å²) >= 11 is 0. The lowest BCUT2D eigenvalue weighted by Gasteiger charge is -2.46. The summed E-state index contributed by atoms with van der Waals surface area (Å²) in [5.41, 5.74) is 0.0431. The molecule has 1 fully saturated rings. The van der Waals surface area contributed by atoms with Crippen LogP contribution in [0.15, 0.2) is 24.3 Å². The molecule has 2 aliphatic heterocycles.